The Kier molecular flexibility index (Phi) is 7.35. The Morgan fingerprint density at radius 3 is 2.36 bits per heavy atom. The van der Waals surface area contributed by atoms with Crippen molar-refractivity contribution in [3.05, 3.63) is 64.7 Å². The van der Waals surface area contributed by atoms with Crippen LogP contribution in [0.5, 0.6) is 0 Å². The molecule has 134 valence electrons. The Labute approximate surface area is 157 Å². The molecule has 4 nitrogen and oxygen atoms in total. The second-order valence-corrected chi connectivity index (χ2v) is 9.13. The zero-order chi connectivity index (χ0) is 18.3. The highest BCUT2D eigenvalue weighted by atomic mass is 35.5. The van der Waals surface area contributed by atoms with E-state index in [0.717, 1.165) is 11.5 Å². The number of nitrogens with one attached hydrogen (secondary N) is 1. The van der Waals surface area contributed by atoms with Gasteiger partial charge in [-0.2, -0.15) is 11.8 Å². The molecule has 0 spiro atoms. The normalized spacial score (nSPS) is 11.3. The van der Waals surface area contributed by atoms with Gasteiger partial charge in [0.1, 0.15) is 5.75 Å². The van der Waals surface area contributed by atoms with Crippen molar-refractivity contribution < 1.29 is 13.2 Å². The van der Waals surface area contributed by atoms with Crippen LogP contribution in [0.15, 0.2) is 53.4 Å². The third-order valence-corrected chi connectivity index (χ3v) is 6.37. The maximum Gasteiger partial charge on any atom is 0.235 e. The quantitative estimate of drug-likeness (QED) is 0.693. The van der Waals surface area contributed by atoms with Gasteiger partial charge in [-0.05, 0) is 36.8 Å². The lowest BCUT2D eigenvalue weighted by Crippen LogP contribution is -2.31. The number of amides is 1. The smallest absolute Gasteiger partial charge is 0.235 e. The molecule has 0 unspecified atom stereocenters. The molecule has 7 heteroatoms. The van der Waals surface area contributed by atoms with Gasteiger partial charge in [-0.3, -0.25) is 4.79 Å². The van der Waals surface area contributed by atoms with E-state index in [2.05, 4.69) is 29.6 Å². The first-order valence-electron chi connectivity index (χ1n) is 7.75. The fourth-order valence-electron chi connectivity index (χ4n) is 2.09. The second kappa shape index (κ2) is 9.27. The molecule has 0 bridgehead atoms. The average Bonchev–Trinajstić information content (AvgIpc) is 2.56. The van der Waals surface area contributed by atoms with E-state index < -0.39 is 21.5 Å². The average molecular weight is 398 g/mol. The summed E-state index contributed by atoms with van der Waals surface area (Å²) in [6.07, 6.45) is 0. The van der Waals surface area contributed by atoms with Gasteiger partial charge >= 0.3 is 0 Å². The maximum atomic E-state index is 12.1. The van der Waals surface area contributed by atoms with Crippen LogP contribution in [0.3, 0.4) is 0 Å². The van der Waals surface area contributed by atoms with Crippen LogP contribution in [0.1, 0.15) is 11.1 Å². The van der Waals surface area contributed by atoms with Gasteiger partial charge in [0.05, 0.1) is 4.90 Å². The summed E-state index contributed by atoms with van der Waals surface area (Å²) in [5, 5.41) is 3.10. The molecule has 0 radical (unpaired) electrons. The Balaban J connectivity index is 1.71. The molecule has 0 aliphatic heterocycles. The number of benzene rings is 2. The monoisotopic (exact) mass is 397 g/mol. The van der Waals surface area contributed by atoms with Crippen molar-refractivity contribution in [1.82, 2.24) is 5.32 Å². The molecule has 0 fully saturated rings. The number of halogens is 1. The van der Waals surface area contributed by atoms with Crippen LogP contribution in [0, 0.1) is 6.92 Å². The molecule has 2 aromatic rings. The number of thioether (sulfide) groups is 1. The first-order valence-corrected chi connectivity index (χ1v) is 10.9. The summed E-state index contributed by atoms with van der Waals surface area (Å²) in [7, 11) is -3.64. The fourth-order valence-corrected chi connectivity index (χ4v) is 4.20. The molecule has 0 aliphatic rings. The minimum absolute atomic E-state index is 0.0980. The second-order valence-electron chi connectivity index (χ2n) is 5.60. The van der Waals surface area contributed by atoms with E-state index in [0.29, 0.717) is 11.6 Å². The summed E-state index contributed by atoms with van der Waals surface area (Å²) in [4.78, 5) is 11.9. The van der Waals surface area contributed by atoms with Gasteiger partial charge in [-0.25, -0.2) is 8.42 Å². The van der Waals surface area contributed by atoms with Crippen LogP contribution in [0.25, 0.3) is 0 Å². The lowest BCUT2D eigenvalue weighted by atomic mass is 10.2. The highest BCUT2D eigenvalue weighted by molar-refractivity contribution is 7.98. The van der Waals surface area contributed by atoms with Crippen LogP contribution in [-0.4, -0.2) is 32.4 Å². The van der Waals surface area contributed by atoms with E-state index in [-0.39, 0.29) is 4.90 Å². The van der Waals surface area contributed by atoms with Crippen LogP contribution in [0.2, 0.25) is 5.02 Å². The number of hydrogen-bond acceptors (Lipinski definition) is 4. The predicted octanol–water partition coefficient (Wildman–Crippen LogP) is 3.47. The van der Waals surface area contributed by atoms with Crippen LogP contribution in [0.4, 0.5) is 0 Å². The summed E-state index contributed by atoms with van der Waals surface area (Å²) in [5.74, 6) is 0.530. The van der Waals surface area contributed by atoms with Crippen LogP contribution >= 0.6 is 23.4 Å². The molecule has 25 heavy (non-hydrogen) atoms. The number of carbonyl (C=O) groups excluding carboxylic acids is 1. The number of sulfone groups is 1. The minimum Gasteiger partial charge on any atom is -0.354 e. The van der Waals surface area contributed by atoms with Gasteiger partial charge in [0.15, 0.2) is 9.84 Å². The standard InChI is InChI=1S/C18H20ClNO3S2/c1-14-2-4-15(5-3-14)12-24-11-10-20-18(21)13-25(22,23)17-8-6-16(19)7-9-17/h2-9H,10-13H2,1H3,(H,20,21). The highest BCUT2D eigenvalue weighted by Gasteiger charge is 2.18. The summed E-state index contributed by atoms with van der Waals surface area (Å²) in [6, 6.07) is 14.1. The summed E-state index contributed by atoms with van der Waals surface area (Å²) in [6.45, 7) is 2.48. The molecule has 0 aliphatic carbocycles. The first kappa shape index (κ1) is 19.8. The van der Waals surface area contributed by atoms with Crippen molar-refractivity contribution in [2.45, 2.75) is 17.6 Å². The molecule has 1 N–H and O–H groups in total. The highest BCUT2D eigenvalue weighted by Crippen LogP contribution is 2.15. The van der Waals surface area contributed by atoms with E-state index in [4.69, 9.17) is 11.6 Å². The Hall–Kier alpha value is -1.50. The predicted molar refractivity (Wildman–Crippen MR) is 104 cm³/mol. The van der Waals surface area contributed by atoms with Crippen molar-refractivity contribution in [2.24, 2.45) is 0 Å². The van der Waals surface area contributed by atoms with E-state index in [1.54, 1.807) is 11.8 Å². The molecular weight excluding hydrogens is 378 g/mol. The largest absolute Gasteiger partial charge is 0.354 e. The topological polar surface area (TPSA) is 63.2 Å². The van der Waals surface area contributed by atoms with Crippen molar-refractivity contribution >= 4 is 39.1 Å². The summed E-state index contributed by atoms with van der Waals surface area (Å²) < 4.78 is 24.3. The summed E-state index contributed by atoms with van der Waals surface area (Å²) >= 11 is 7.43. The van der Waals surface area contributed by atoms with E-state index >= 15 is 0 Å². The first-order chi connectivity index (χ1) is 11.9. The van der Waals surface area contributed by atoms with Gasteiger partial charge in [-0.1, -0.05) is 41.4 Å². The number of carbonyl (C=O) groups is 1. The summed E-state index contributed by atoms with van der Waals surface area (Å²) in [5.41, 5.74) is 2.45. The van der Waals surface area contributed by atoms with Crippen molar-refractivity contribution in [3.8, 4) is 0 Å². The van der Waals surface area contributed by atoms with Crippen LogP contribution in [-0.2, 0) is 20.4 Å². The fraction of sp³-hybridized carbons (Fsp3) is 0.278. The van der Waals surface area contributed by atoms with Gasteiger partial charge in [0, 0.05) is 23.1 Å². The Bertz CT molecular complexity index is 803. The van der Waals surface area contributed by atoms with E-state index in [1.165, 1.54) is 35.4 Å². The number of aryl methyl sites for hydroxylation is 1. The van der Waals surface area contributed by atoms with Crippen LogP contribution < -0.4 is 5.32 Å². The number of rotatable bonds is 8. The van der Waals surface area contributed by atoms with E-state index in [1.807, 2.05) is 6.92 Å². The minimum atomic E-state index is -3.64. The Morgan fingerprint density at radius 2 is 1.72 bits per heavy atom. The molecule has 0 saturated heterocycles. The van der Waals surface area contributed by atoms with Crippen molar-refractivity contribution in [1.29, 1.82) is 0 Å². The maximum absolute atomic E-state index is 12.1. The molecule has 2 rings (SSSR count). The van der Waals surface area contributed by atoms with Gasteiger partial charge < -0.3 is 5.32 Å². The molecule has 2 aromatic carbocycles. The third-order valence-electron chi connectivity index (χ3n) is 3.45. The Morgan fingerprint density at radius 1 is 1.08 bits per heavy atom. The molecular formula is C18H20ClNO3S2. The van der Waals surface area contributed by atoms with Gasteiger partial charge in [-0.15, -0.1) is 0 Å². The SMILES string of the molecule is Cc1ccc(CSCCNC(=O)CS(=O)(=O)c2ccc(Cl)cc2)cc1. The zero-order valence-electron chi connectivity index (χ0n) is 13.9. The molecule has 1 amide bonds. The van der Waals surface area contributed by atoms with Crippen molar-refractivity contribution in [2.75, 3.05) is 18.1 Å². The molecule has 0 heterocycles. The molecule has 0 atom stereocenters. The van der Waals surface area contributed by atoms with Gasteiger partial charge in [0.25, 0.3) is 0 Å². The molecule has 0 aromatic heterocycles. The van der Waals surface area contributed by atoms with Crippen molar-refractivity contribution in [3.63, 3.8) is 0 Å². The lowest BCUT2D eigenvalue weighted by molar-refractivity contribution is -0.118. The third kappa shape index (κ3) is 6.72. The molecule has 0 saturated carbocycles. The van der Waals surface area contributed by atoms with Gasteiger partial charge in [0.2, 0.25) is 5.91 Å². The number of hydrogen-bond donors (Lipinski definition) is 1. The van der Waals surface area contributed by atoms with E-state index in [9.17, 15) is 13.2 Å². The lowest BCUT2D eigenvalue weighted by Gasteiger charge is -2.07. The zero-order valence-corrected chi connectivity index (χ0v) is 16.3.